The van der Waals surface area contributed by atoms with E-state index < -0.39 is 11.7 Å². The number of nitrogen functional groups attached to an aromatic ring is 1. The number of ether oxygens (including phenoxy) is 2. The maximum Gasteiger partial charge on any atom is 0.308 e. The number of aromatic nitrogens is 4. The quantitative estimate of drug-likeness (QED) is 0.563. The first-order valence-corrected chi connectivity index (χ1v) is 7.02. The summed E-state index contributed by atoms with van der Waals surface area (Å²) in [5, 5.41) is 9.28. The van der Waals surface area contributed by atoms with E-state index in [4.69, 9.17) is 15.2 Å². The Morgan fingerprint density at radius 2 is 2.26 bits per heavy atom. The van der Waals surface area contributed by atoms with Gasteiger partial charge in [0.1, 0.15) is 19.4 Å². The van der Waals surface area contributed by atoms with Crippen molar-refractivity contribution in [2.45, 2.75) is 26.7 Å². The smallest absolute Gasteiger partial charge is 0.308 e. The Hall–Kier alpha value is -2.46. The van der Waals surface area contributed by atoms with Crippen LogP contribution in [0.1, 0.15) is 13.8 Å². The fourth-order valence-corrected chi connectivity index (χ4v) is 1.75. The van der Waals surface area contributed by atoms with Gasteiger partial charge in [-0.05, 0) is 0 Å². The van der Waals surface area contributed by atoms with Crippen LogP contribution in [-0.4, -0.2) is 49.9 Å². The number of nitrogens with zero attached hydrogens (tertiary/aromatic N) is 3. The van der Waals surface area contributed by atoms with Gasteiger partial charge in [-0.2, -0.15) is 4.98 Å². The molecule has 0 aliphatic rings. The molecule has 0 amide bonds. The first kappa shape index (κ1) is 16.9. The third-order valence-electron chi connectivity index (χ3n) is 3.03. The standard InChI is InChI=1S/C13H19N5O5/c1-7(2)12(21)22-4-8(3-19)23-6-18-5-15-9-10(18)16-13(14)17-11(9)20/h5,7-8,19H,3-4,6H2,1-2H3,(H3,14,16,17,20). The maximum absolute atomic E-state index is 11.7. The van der Waals surface area contributed by atoms with Crippen molar-refractivity contribution >= 4 is 23.1 Å². The molecule has 2 rings (SSSR count). The summed E-state index contributed by atoms with van der Waals surface area (Å²) >= 11 is 0. The van der Waals surface area contributed by atoms with Crippen molar-refractivity contribution in [3.05, 3.63) is 16.7 Å². The van der Waals surface area contributed by atoms with Gasteiger partial charge in [-0.1, -0.05) is 13.8 Å². The molecule has 0 aromatic carbocycles. The number of anilines is 1. The molecule has 126 valence electrons. The summed E-state index contributed by atoms with van der Waals surface area (Å²) in [4.78, 5) is 33.3. The van der Waals surface area contributed by atoms with Gasteiger partial charge >= 0.3 is 5.97 Å². The summed E-state index contributed by atoms with van der Waals surface area (Å²) in [6, 6.07) is 0. The summed E-state index contributed by atoms with van der Waals surface area (Å²) in [6.07, 6.45) is 0.676. The van der Waals surface area contributed by atoms with Crippen molar-refractivity contribution in [1.29, 1.82) is 0 Å². The lowest BCUT2D eigenvalue weighted by molar-refractivity contribution is -0.154. The van der Waals surface area contributed by atoms with Crippen molar-refractivity contribution < 1.29 is 19.4 Å². The minimum absolute atomic E-state index is 0.0309. The molecule has 0 spiro atoms. The number of H-pyrrole nitrogens is 1. The van der Waals surface area contributed by atoms with Gasteiger partial charge < -0.3 is 20.3 Å². The highest BCUT2D eigenvalue weighted by Gasteiger charge is 2.15. The Morgan fingerprint density at radius 3 is 2.91 bits per heavy atom. The van der Waals surface area contributed by atoms with Crippen molar-refractivity contribution in [1.82, 2.24) is 19.5 Å². The molecule has 0 bridgehead atoms. The zero-order valence-electron chi connectivity index (χ0n) is 12.9. The number of aliphatic hydroxyl groups excluding tert-OH is 1. The number of carbonyl (C=O) groups is 1. The third-order valence-corrected chi connectivity index (χ3v) is 3.03. The highest BCUT2D eigenvalue weighted by Crippen LogP contribution is 2.08. The summed E-state index contributed by atoms with van der Waals surface area (Å²) < 4.78 is 11.9. The Morgan fingerprint density at radius 1 is 1.52 bits per heavy atom. The van der Waals surface area contributed by atoms with Crippen LogP contribution in [0.3, 0.4) is 0 Å². The summed E-state index contributed by atoms with van der Waals surface area (Å²) in [5.74, 6) is -0.666. The third kappa shape index (κ3) is 4.05. The van der Waals surface area contributed by atoms with Crippen LogP contribution in [0.15, 0.2) is 11.1 Å². The number of aromatic amines is 1. The van der Waals surface area contributed by atoms with E-state index in [1.54, 1.807) is 13.8 Å². The minimum atomic E-state index is -0.700. The van der Waals surface area contributed by atoms with Gasteiger partial charge in [0.2, 0.25) is 5.95 Å². The second-order valence-corrected chi connectivity index (χ2v) is 5.22. The van der Waals surface area contributed by atoms with Crippen LogP contribution in [0.5, 0.6) is 0 Å². The molecule has 4 N–H and O–H groups in total. The largest absolute Gasteiger partial charge is 0.463 e. The van der Waals surface area contributed by atoms with Gasteiger partial charge in [0.25, 0.3) is 5.56 Å². The normalized spacial score (nSPS) is 12.7. The molecule has 0 saturated carbocycles. The van der Waals surface area contributed by atoms with Crippen LogP contribution < -0.4 is 11.3 Å². The molecule has 2 aromatic rings. The topological polar surface area (TPSA) is 145 Å². The van der Waals surface area contributed by atoms with Gasteiger partial charge in [-0.15, -0.1) is 0 Å². The highest BCUT2D eigenvalue weighted by molar-refractivity contribution is 5.71. The van der Waals surface area contributed by atoms with Crippen LogP contribution in [0, 0.1) is 5.92 Å². The van der Waals surface area contributed by atoms with Gasteiger partial charge in [0.05, 0.1) is 18.9 Å². The van der Waals surface area contributed by atoms with Crippen LogP contribution in [-0.2, 0) is 21.0 Å². The lowest BCUT2D eigenvalue weighted by Crippen LogP contribution is -2.28. The number of rotatable bonds is 7. The molecule has 0 radical (unpaired) electrons. The number of carbonyl (C=O) groups excluding carboxylic acids is 1. The molecule has 23 heavy (non-hydrogen) atoms. The summed E-state index contributed by atoms with van der Waals surface area (Å²) in [5.41, 5.74) is 5.45. The molecule has 1 atom stereocenters. The molecule has 0 aliphatic heterocycles. The zero-order valence-corrected chi connectivity index (χ0v) is 12.9. The van der Waals surface area contributed by atoms with E-state index >= 15 is 0 Å². The summed E-state index contributed by atoms with van der Waals surface area (Å²) in [7, 11) is 0. The van der Waals surface area contributed by atoms with Gasteiger partial charge in [0.15, 0.2) is 11.2 Å². The second-order valence-electron chi connectivity index (χ2n) is 5.22. The number of esters is 1. The predicted molar refractivity (Wildman–Crippen MR) is 80.3 cm³/mol. The number of nitrogens with two attached hydrogens (primary N) is 1. The van der Waals surface area contributed by atoms with Gasteiger partial charge in [-0.25, -0.2) is 4.98 Å². The van der Waals surface area contributed by atoms with Crippen molar-refractivity contribution in [2.24, 2.45) is 5.92 Å². The van der Waals surface area contributed by atoms with Crippen molar-refractivity contribution in [2.75, 3.05) is 18.9 Å². The van der Waals surface area contributed by atoms with E-state index in [-0.39, 0.29) is 48.9 Å². The minimum Gasteiger partial charge on any atom is -0.463 e. The molecule has 1 unspecified atom stereocenters. The number of hydrogen-bond acceptors (Lipinski definition) is 8. The number of nitrogens with one attached hydrogen (secondary N) is 1. The van der Waals surface area contributed by atoms with Crippen LogP contribution in [0.2, 0.25) is 0 Å². The zero-order chi connectivity index (χ0) is 17.0. The van der Waals surface area contributed by atoms with Gasteiger partial charge in [-0.3, -0.25) is 19.1 Å². The molecule has 0 aliphatic carbocycles. The van der Waals surface area contributed by atoms with Crippen molar-refractivity contribution in [3.8, 4) is 0 Å². The molecule has 10 nitrogen and oxygen atoms in total. The Kier molecular flexibility index (Phi) is 5.29. The van der Waals surface area contributed by atoms with Gasteiger partial charge in [0, 0.05) is 0 Å². The van der Waals surface area contributed by atoms with E-state index in [2.05, 4.69) is 15.0 Å². The Bertz CT molecular complexity index is 738. The number of imidazole rings is 1. The average Bonchev–Trinajstić information content (AvgIpc) is 2.90. The SMILES string of the molecule is CC(C)C(=O)OCC(CO)OCn1cnc2c(=O)[nH]c(N)nc21. The first-order valence-electron chi connectivity index (χ1n) is 7.02. The average molecular weight is 325 g/mol. The molecule has 10 heteroatoms. The molecule has 0 fully saturated rings. The Labute approximate surface area is 131 Å². The fraction of sp³-hybridized carbons (Fsp3) is 0.538. The number of fused-ring (bicyclic) bond motifs is 1. The lowest BCUT2D eigenvalue weighted by atomic mass is 10.2. The molecule has 2 heterocycles. The number of hydrogen-bond donors (Lipinski definition) is 3. The summed E-state index contributed by atoms with van der Waals surface area (Å²) in [6.45, 7) is 2.99. The molecular weight excluding hydrogens is 306 g/mol. The first-order chi connectivity index (χ1) is 10.9. The van der Waals surface area contributed by atoms with E-state index in [1.807, 2.05) is 0 Å². The van der Waals surface area contributed by atoms with E-state index in [0.717, 1.165) is 0 Å². The van der Waals surface area contributed by atoms with E-state index in [9.17, 15) is 14.7 Å². The van der Waals surface area contributed by atoms with E-state index in [0.29, 0.717) is 0 Å². The van der Waals surface area contributed by atoms with Crippen LogP contribution in [0.4, 0.5) is 5.95 Å². The van der Waals surface area contributed by atoms with Crippen LogP contribution in [0.25, 0.3) is 11.2 Å². The fourth-order valence-electron chi connectivity index (χ4n) is 1.75. The van der Waals surface area contributed by atoms with Crippen molar-refractivity contribution in [3.63, 3.8) is 0 Å². The number of aliphatic hydroxyl groups is 1. The monoisotopic (exact) mass is 325 g/mol. The maximum atomic E-state index is 11.7. The molecular formula is C13H19N5O5. The highest BCUT2D eigenvalue weighted by atomic mass is 16.6. The van der Waals surface area contributed by atoms with Crippen LogP contribution >= 0.6 is 0 Å². The lowest BCUT2D eigenvalue weighted by Gasteiger charge is -2.16. The molecule has 2 aromatic heterocycles. The Balaban J connectivity index is 2.02. The molecule has 0 saturated heterocycles. The predicted octanol–water partition coefficient (Wildman–Crippen LogP) is -0.764. The van der Waals surface area contributed by atoms with E-state index in [1.165, 1.54) is 10.9 Å². The second kappa shape index (κ2) is 7.20.